The summed E-state index contributed by atoms with van der Waals surface area (Å²) in [6.45, 7) is 6.71. The van der Waals surface area contributed by atoms with Gasteiger partial charge in [0.15, 0.2) is 0 Å². The summed E-state index contributed by atoms with van der Waals surface area (Å²) in [4.78, 5) is 24.9. The third-order valence-electron chi connectivity index (χ3n) is 6.46. The number of nitro groups is 1. The number of nitro benzene ring substituents is 1. The lowest BCUT2D eigenvalue weighted by Gasteiger charge is -2.46. The summed E-state index contributed by atoms with van der Waals surface area (Å²) in [7, 11) is 0. The molecule has 1 aliphatic carbocycles. The van der Waals surface area contributed by atoms with Crippen LogP contribution < -0.4 is 10.0 Å². The van der Waals surface area contributed by atoms with E-state index in [2.05, 4.69) is 25.7 Å². The van der Waals surface area contributed by atoms with Crippen LogP contribution in [0.3, 0.4) is 0 Å². The fourth-order valence-corrected chi connectivity index (χ4v) is 6.16. The number of hydrogen-bond donors (Lipinski definition) is 0. The van der Waals surface area contributed by atoms with Crippen molar-refractivity contribution in [1.82, 2.24) is 0 Å². The van der Waals surface area contributed by atoms with Crippen molar-refractivity contribution in [2.24, 2.45) is 16.7 Å². The minimum absolute atomic E-state index is 0.0167. The van der Waals surface area contributed by atoms with Crippen molar-refractivity contribution < 1.29 is 14.8 Å². The van der Waals surface area contributed by atoms with Crippen molar-refractivity contribution in [2.75, 3.05) is 4.90 Å². The predicted octanol–water partition coefficient (Wildman–Crippen LogP) is 2.29. The molecule has 1 aromatic carbocycles. The Morgan fingerprint density at radius 2 is 2.00 bits per heavy atom. The predicted molar refractivity (Wildman–Crippen MR) is 91.1 cm³/mol. The summed E-state index contributed by atoms with van der Waals surface area (Å²) in [5.41, 5.74) is 1.83. The topological polar surface area (TPSA) is 86.5 Å². The number of carbonyl (C=O) groups is 1. The first-order valence-corrected chi connectivity index (χ1v) is 8.88. The molecule has 6 nitrogen and oxygen atoms in total. The maximum atomic E-state index is 11.9. The van der Waals surface area contributed by atoms with Crippen LogP contribution in [0.15, 0.2) is 18.2 Å². The normalized spacial score (nSPS) is 35.0. The average molecular weight is 343 g/mol. The van der Waals surface area contributed by atoms with Gasteiger partial charge in [0.25, 0.3) is 5.69 Å². The molecule has 2 fully saturated rings. The first-order chi connectivity index (χ1) is 11.6. The zero-order valence-electron chi connectivity index (χ0n) is 14.8. The van der Waals surface area contributed by atoms with Gasteiger partial charge in [-0.2, -0.15) is 0 Å². The standard InChI is InChI=1S/C19H24N2O4/c1-18(2)8-13-9-19(3,10-18)16-14(17(22)23)7-11-6-12(21(24)25)4-5-15(11)20(13)16/h4-6,13-14,16H,7-10H2,1-3H3,(H,22,23)/p-1/t13-,14+,16-,19-/m1/s1. The molecule has 0 unspecified atom stereocenters. The van der Waals surface area contributed by atoms with Crippen LogP contribution in [0.4, 0.5) is 11.4 Å². The van der Waals surface area contributed by atoms with E-state index in [1.54, 1.807) is 0 Å². The summed E-state index contributed by atoms with van der Waals surface area (Å²) in [5, 5.41) is 23.1. The van der Waals surface area contributed by atoms with Crippen LogP contribution in [0.25, 0.3) is 0 Å². The van der Waals surface area contributed by atoms with Gasteiger partial charge >= 0.3 is 0 Å². The number of carbonyl (C=O) groups excluding carboxylic acids is 1. The van der Waals surface area contributed by atoms with E-state index in [1.807, 2.05) is 6.07 Å². The molecular formula is C19H23N2O4-. The molecule has 4 rings (SSSR count). The Labute approximate surface area is 147 Å². The number of fused-ring (bicyclic) bond motifs is 7. The van der Waals surface area contributed by atoms with Crippen LogP contribution in [0.2, 0.25) is 0 Å². The van der Waals surface area contributed by atoms with Crippen molar-refractivity contribution in [3.63, 3.8) is 0 Å². The van der Waals surface area contributed by atoms with E-state index >= 15 is 0 Å². The zero-order chi connectivity index (χ0) is 18.1. The van der Waals surface area contributed by atoms with Gasteiger partial charge in [0.05, 0.1) is 4.92 Å². The molecule has 2 bridgehead atoms. The van der Waals surface area contributed by atoms with Crippen LogP contribution in [-0.2, 0) is 11.2 Å². The smallest absolute Gasteiger partial charge is 0.269 e. The maximum Gasteiger partial charge on any atom is 0.269 e. The van der Waals surface area contributed by atoms with Crippen LogP contribution in [0, 0.1) is 26.9 Å². The number of benzene rings is 1. The molecule has 6 heteroatoms. The van der Waals surface area contributed by atoms with Crippen molar-refractivity contribution in [3.05, 3.63) is 33.9 Å². The van der Waals surface area contributed by atoms with Gasteiger partial charge in [0.2, 0.25) is 0 Å². The second-order valence-electron chi connectivity index (χ2n) is 9.11. The number of carboxylic acids is 1. The minimum Gasteiger partial charge on any atom is -0.550 e. The Kier molecular flexibility index (Phi) is 3.25. The van der Waals surface area contributed by atoms with Crippen LogP contribution in [0.1, 0.15) is 45.6 Å². The largest absolute Gasteiger partial charge is 0.550 e. The molecule has 2 heterocycles. The maximum absolute atomic E-state index is 11.9. The Balaban J connectivity index is 1.87. The molecule has 0 radical (unpaired) electrons. The van der Waals surface area contributed by atoms with Gasteiger partial charge < -0.3 is 14.8 Å². The van der Waals surface area contributed by atoms with Gasteiger partial charge in [0, 0.05) is 41.8 Å². The van der Waals surface area contributed by atoms with Crippen molar-refractivity contribution in [2.45, 2.75) is 58.5 Å². The SMILES string of the molecule is CC1(C)C[C@@H]2C[C@](C)(C1)[C@H]1[C@@H](C(=O)[O-])Cc3cc([N+](=O)[O-])ccc3N21. The highest BCUT2D eigenvalue weighted by Gasteiger charge is 2.59. The molecule has 0 spiro atoms. The molecule has 0 amide bonds. The molecule has 1 aromatic rings. The van der Waals surface area contributed by atoms with E-state index < -0.39 is 16.8 Å². The van der Waals surface area contributed by atoms with Gasteiger partial charge in [-0.25, -0.2) is 0 Å². The lowest BCUT2D eigenvalue weighted by Crippen LogP contribution is -2.54. The number of carboxylic acid groups (broad SMARTS) is 1. The van der Waals surface area contributed by atoms with E-state index in [9.17, 15) is 20.0 Å². The second kappa shape index (κ2) is 4.96. The number of aliphatic carboxylic acids is 1. The molecule has 2 aliphatic heterocycles. The molecule has 0 aromatic heterocycles. The Bertz CT molecular complexity index is 775. The van der Waals surface area contributed by atoms with E-state index in [0.29, 0.717) is 6.42 Å². The van der Waals surface area contributed by atoms with Crippen LogP contribution >= 0.6 is 0 Å². The molecule has 25 heavy (non-hydrogen) atoms. The Morgan fingerprint density at radius 3 is 2.64 bits per heavy atom. The Morgan fingerprint density at radius 1 is 1.28 bits per heavy atom. The number of hydrogen-bond acceptors (Lipinski definition) is 5. The molecule has 4 atom stereocenters. The lowest BCUT2D eigenvalue weighted by molar-refractivity contribution is -0.384. The first kappa shape index (κ1) is 16.4. The van der Waals surface area contributed by atoms with Gasteiger partial charge in [-0.1, -0.05) is 20.8 Å². The number of nitrogens with zero attached hydrogens (tertiary/aromatic N) is 2. The molecule has 0 N–H and O–H groups in total. The zero-order valence-corrected chi connectivity index (χ0v) is 14.8. The number of anilines is 1. The van der Waals surface area contributed by atoms with E-state index in [1.165, 1.54) is 12.1 Å². The van der Waals surface area contributed by atoms with Gasteiger partial charge in [0.1, 0.15) is 0 Å². The Hall–Kier alpha value is -2.11. The van der Waals surface area contributed by atoms with Crippen LogP contribution in [0.5, 0.6) is 0 Å². The summed E-state index contributed by atoms with van der Waals surface area (Å²) in [6.07, 6.45) is 3.28. The highest BCUT2D eigenvalue weighted by molar-refractivity contribution is 5.75. The van der Waals surface area contributed by atoms with E-state index in [-0.39, 0.29) is 28.6 Å². The second-order valence-corrected chi connectivity index (χ2v) is 9.11. The monoisotopic (exact) mass is 343 g/mol. The average Bonchev–Trinajstić information content (AvgIpc) is 2.72. The lowest BCUT2D eigenvalue weighted by atomic mass is 9.61. The summed E-state index contributed by atoms with van der Waals surface area (Å²) in [5.74, 6) is -1.67. The third-order valence-corrected chi connectivity index (χ3v) is 6.46. The fraction of sp³-hybridized carbons (Fsp3) is 0.632. The van der Waals surface area contributed by atoms with E-state index in [4.69, 9.17) is 0 Å². The van der Waals surface area contributed by atoms with Crippen molar-refractivity contribution >= 4 is 17.3 Å². The molecule has 134 valence electrons. The third kappa shape index (κ3) is 2.34. The fourth-order valence-electron chi connectivity index (χ4n) is 6.16. The van der Waals surface area contributed by atoms with E-state index in [0.717, 1.165) is 30.5 Å². The number of rotatable bonds is 2. The van der Waals surface area contributed by atoms with Gasteiger partial charge in [-0.15, -0.1) is 0 Å². The molecule has 1 saturated heterocycles. The molecule has 3 aliphatic rings. The summed E-state index contributed by atoms with van der Waals surface area (Å²) < 4.78 is 0. The van der Waals surface area contributed by atoms with Crippen molar-refractivity contribution in [3.8, 4) is 0 Å². The first-order valence-electron chi connectivity index (χ1n) is 8.88. The summed E-state index contributed by atoms with van der Waals surface area (Å²) in [6, 6.07) is 5.06. The van der Waals surface area contributed by atoms with Crippen LogP contribution in [-0.4, -0.2) is 23.0 Å². The van der Waals surface area contributed by atoms with Crippen molar-refractivity contribution in [1.29, 1.82) is 0 Å². The van der Waals surface area contributed by atoms with Gasteiger partial charge in [-0.05, 0) is 48.1 Å². The highest BCUT2D eigenvalue weighted by Crippen LogP contribution is 2.60. The molecule has 1 saturated carbocycles. The highest BCUT2D eigenvalue weighted by atomic mass is 16.6. The molecular weight excluding hydrogens is 320 g/mol. The van der Waals surface area contributed by atoms with Gasteiger partial charge in [-0.3, -0.25) is 10.1 Å². The summed E-state index contributed by atoms with van der Waals surface area (Å²) >= 11 is 0. The quantitative estimate of drug-likeness (QED) is 0.607. The minimum atomic E-state index is -1.04. The number of non-ortho nitro benzene ring substituents is 1.